The van der Waals surface area contributed by atoms with E-state index in [0.717, 1.165) is 31.3 Å². The molecule has 3 nitrogen and oxygen atoms in total. The van der Waals surface area contributed by atoms with Crippen LogP contribution in [0, 0.1) is 5.92 Å². The summed E-state index contributed by atoms with van der Waals surface area (Å²) in [6, 6.07) is 4.47. The summed E-state index contributed by atoms with van der Waals surface area (Å²) in [6.07, 6.45) is 1.71. The Morgan fingerprint density at radius 3 is 2.69 bits per heavy atom. The fourth-order valence-corrected chi connectivity index (χ4v) is 1.73. The Morgan fingerprint density at radius 1 is 1.38 bits per heavy atom. The quantitative estimate of drug-likeness (QED) is 0.770. The standard InChI is InChI=1S/C13H24N2O/c1-11(2)10-15(4)12(3)8-14-9-13-6-5-7-16-13/h5-7,11-12,14H,8-10H2,1-4H3. The minimum absolute atomic E-state index is 0.553. The molecule has 1 rings (SSSR count). The molecule has 0 radical (unpaired) electrons. The molecule has 0 bridgehead atoms. The van der Waals surface area contributed by atoms with Crippen molar-refractivity contribution in [1.29, 1.82) is 0 Å². The first-order chi connectivity index (χ1) is 7.59. The van der Waals surface area contributed by atoms with Crippen LogP contribution in [-0.2, 0) is 6.54 Å². The van der Waals surface area contributed by atoms with Crippen LogP contribution in [0.5, 0.6) is 0 Å². The van der Waals surface area contributed by atoms with Crippen LogP contribution >= 0.6 is 0 Å². The van der Waals surface area contributed by atoms with Crippen LogP contribution in [0.3, 0.4) is 0 Å². The summed E-state index contributed by atoms with van der Waals surface area (Å²) in [5.74, 6) is 1.72. The molecule has 0 aromatic carbocycles. The highest BCUT2D eigenvalue weighted by Crippen LogP contribution is 2.02. The van der Waals surface area contributed by atoms with Crippen molar-refractivity contribution in [3.63, 3.8) is 0 Å². The number of furan rings is 1. The summed E-state index contributed by atoms with van der Waals surface area (Å²) < 4.78 is 5.26. The molecule has 1 aromatic heterocycles. The van der Waals surface area contributed by atoms with Crippen molar-refractivity contribution < 1.29 is 4.42 Å². The average molecular weight is 224 g/mol. The van der Waals surface area contributed by atoms with Gasteiger partial charge >= 0.3 is 0 Å². The van der Waals surface area contributed by atoms with Gasteiger partial charge in [-0.3, -0.25) is 0 Å². The van der Waals surface area contributed by atoms with Gasteiger partial charge in [0, 0.05) is 19.1 Å². The number of hydrogen-bond donors (Lipinski definition) is 1. The van der Waals surface area contributed by atoms with E-state index in [1.54, 1.807) is 6.26 Å². The third kappa shape index (κ3) is 4.81. The van der Waals surface area contributed by atoms with Gasteiger partial charge in [0.15, 0.2) is 0 Å². The van der Waals surface area contributed by atoms with Gasteiger partial charge in [-0.05, 0) is 32.0 Å². The van der Waals surface area contributed by atoms with Crippen molar-refractivity contribution in [2.45, 2.75) is 33.4 Å². The second-order valence-electron chi connectivity index (χ2n) is 4.89. The van der Waals surface area contributed by atoms with E-state index in [9.17, 15) is 0 Å². The van der Waals surface area contributed by atoms with Gasteiger partial charge in [-0.25, -0.2) is 0 Å². The van der Waals surface area contributed by atoms with E-state index in [1.165, 1.54) is 0 Å². The zero-order chi connectivity index (χ0) is 12.0. The zero-order valence-corrected chi connectivity index (χ0v) is 10.9. The molecular formula is C13H24N2O. The van der Waals surface area contributed by atoms with Crippen molar-refractivity contribution in [2.24, 2.45) is 5.92 Å². The molecule has 0 saturated heterocycles. The lowest BCUT2D eigenvalue weighted by molar-refractivity contribution is 0.224. The maximum absolute atomic E-state index is 5.26. The number of hydrogen-bond acceptors (Lipinski definition) is 3. The van der Waals surface area contributed by atoms with Gasteiger partial charge in [0.25, 0.3) is 0 Å². The summed E-state index contributed by atoms with van der Waals surface area (Å²) in [5.41, 5.74) is 0. The Bertz CT molecular complexity index is 269. The normalized spacial score (nSPS) is 13.6. The molecule has 0 aliphatic heterocycles. The van der Waals surface area contributed by atoms with Crippen molar-refractivity contribution >= 4 is 0 Å². The molecule has 0 fully saturated rings. The van der Waals surface area contributed by atoms with Crippen LogP contribution in [0.2, 0.25) is 0 Å². The molecule has 0 aliphatic carbocycles. The SMILES string of the molecule is CC(C)CN(C)C(C)CNCc1ccco1. The predicted octanol–water partition coefficient (Wildman–Crippen LogP) is 2.35. The summed E-state index contributed by atoms with van der Waals surface area (Å²) in [4.78, 5) is 2.39. The van der Waals surface area contributed by atoms with Crippen LogP contribution in [0.4, 0.5) is 0 Å². The second kappa shape index (κ2) is 6.71. The van der Waals surface area contributed by atoms with Crippen LogP contribution in [-0.4, -0.2) is 31.1 Å². The fourth-order valence-electron chi connectivity index (χ4n) is 1.73. The number of nitrogens with one attached hydrogen (secondary N) is 1. The van der Waals surface area contributed by atoms with E-state index in [-0.39, 0.29) is 0 Å². The molecule has 0 spiro atoms. The molecular weight excluding hydrogens is 200 g/mol. The Kier molecular flexibility index (Phi) is 5.56. The van der Waals surface area contributed by atoms with Crippen LogP contribution in [0.1, 0.15) is 26.5 Å². The molecule has 1 atom stereocenters. The highest BCUT2D eigenvalue weighted by atomic mass is 16.3. The second-order valence-corrected chi connectivity index (χ2v) is 4.89. The van der Waals surface area contributed by atoms with Gasteiger partial charge in [0.05, 0.1) is 12.8 Å². The molecule has 1 aromatic rings. The highest BCUT2D eigenvalue weighted by molar-refractivity contribution is 4.97. The molecule has 0 amide bonds. The minimum atomic E-state index is 0.553. The van der Waals surface area contributed by atoms with E-state index < -0.39 is 0 Å². The third-order valence-electron chi connectivity index (χ3n) is 2.72. The number of likely N-dealkylation sites (N-methyl/N-ethyl adjacent to an activating group) is 1. The molecule has 3 heteroatoms. The summed E-state index contributed by atoms with van der Waals surface area (Å²) >= 11 is 0. The predicted molar refractivity (Wildman–Crippen MR) is 67.3 cm³/mol. The van der Waals surface area contributed by atoms with Crippen molar-refractivity contribution in [2.75, 3.05) is 20.1 Å². The summed E-state index contributed by atoms with van der Waals surface area (Å²) in [7, 11) is 2.18. The Hall–Kier alpha value is -0.800. The first kappa shape index (κ1) is 13.3. The number of rotatable bonds is 7. The lowest BCUT2D eigenvalue weighted by atomic mass is 10.2. The lowest BCUT2D eigenvalue weighted by Crippen LogP contribution is -2.39. The maximum atomic E-state index is 5.26. The van der Waals surface area contributed by atoms with Gasteiger partial charge < -0.3 is 14.6 Å². The average Bonchev–Trinajstić information content (AvgIpc) is 2.69. The summed E-state index contributed by atoms with van der Waals surface area (Å²) in [5, 5.41) is 3.41. The van der Waals surface area contributed by atoms with Crippen LogP contribution < -0.4 is 5.32 Å². The molecule has 16 heavy (non-hydrogen) atoms. The number of nitrogens with zero attached hydrogens (tertiary/aromatic N) is 1. The first-order valence-corrected chi connectivity index (χ1v) is 6.03. The molecule has 1 unspecified atom stereocenters. The lowest BCUT2D eigenvalue weighted by Gasteiger charge is -2.26. The van der Waals surface area contributed by atoms with Crippen molar-refractivity contribution in [1.82, 2.24) is 10.2 Å². The Labute approximate surface area is 98.8 Å². The minimum Gasteiger partial charge on any atom is -0.468 e. The zero-order valence-electron chi connectivity index (χ0n) is 10.9. The van der Waals surface area contributed by atoms with Gasteiger partial charge in [-0.2, -0.15) is 0 Å². The van der Waals surface area contributed by atoms with Gasteiger partial charge in [0.1, 0.15) is 5.76 Å². The molecule has 92 valence electrons. The van der Waals surface area contributed by atoms with Crippen LogP contribution in [0.15, 0.2) is 22.8 Å². The molecule has 1 heterocycles. The van der Waals surface area contributed by atoms with E-state index in [4.69, 9.17) is 4.42 Å². The van der Waals surface area contributed by atoms with Gasteiger partial charge in [-0.1, -0.05) is 13.8 Å². The van der Waals surface area contributed by atoms with Gasteiger partial charge in [0.2, 0.25) is 0 Å². The smallest absolute Gasteiger partial charge is 0.117 e. The van der Waals surface area contributed by atoms with E-state index in [0.29, 0.717) is 6.04 Å². The first-order valence-electron chi connectivity index (χ1n) is 6.03. The molecule has 0 saturated carbocycles. The van der Waals surface area contributed by atoms with Gasteiger partial charge in [-0.15, -0.1) is 0 Å². The maximum Gasteiger partial charge on any atom is 0.117 e. The third-order valence-corrected chi connectivity index (χ3v) is 2.72. The molecule has 0 aliphatic rings. The van der Waals surface area contributed by atoms with Crippen LogP contribution in [0.25, 0.3) is 0 Å². The van der Waals surface area contributed by atoms with Crippen molar-refractivity contribution in [3.05, 3.63) is 24.2 Å². The highest BCUT2D eigenvalue weighted by Gasteiger charge is 2.09. The largest absolute Gasteiger partial charge is 0.468 e. The monoisotopic (exact) mass is 224 g/mol. The topological polar surface area (TPSA) is 28.4 Å². The Balaban J connectivity index is 2.16. The van der Waals surface area contributed by atoms with E-state index in [1.807, 2.05) is 12.1 Å². The Morgan fingerprint density at radius 2 is 2.12 bits per heavy atom. The van der Waals surface area contributed by atoms with E-state index >= 15 is 0 Å². The van der Waals surface area contributed by atoms with Crippen molar-refractivity contribution in [3.8, 4) is 0 Å². The fraction of sp³-hybridized carbons (Fsp3) is 0.692. The van der Waals surface area contributed by atoms with E-state index in [2.05, 4.69) is 38.0 Å². The molecule has 1 N–H and O–H groups in total. The summed E-state index contributed by atoms with van der Waals surface area (Å²) in [6.45, 7) is 9.69.